The van der Waals surface area contributed by atoms with Crippen LogP contribution in [0.4, 0.5) is 8.78 Å². The molecule has 1 aromatic carbocycles. The quantitative estimate of drug-likeness (QED) is 0.308. The number of alkyl halides is 2. The molecule has 1 fully saturated rings. The van der Waals surface area contributed by atoms with Crippen LogP contribution in [-0.2, 0) is 17.6 Å². The molecule has 41 heavy (non-hydrogen) atoms. The number of amides is 2. The van der Waals surface area contributed by atoms with Gasteiger partial charge in [-0.2, -0.15) is 13.9 Å². The van der Waals surface area contributed by atoms with Gasteiger partial charge in [0.1, 0.15) is 16.0 Å². The van der Waals surface area contributed by atoms with Crippen molar-refractivity contribution in [2.75, 3.05) is 19.6 Å². The third-order valence-corrected chi connectivity index (χ3v) is 8.83. The lowest BCUT2D eigenvalue weighted by molar-refractivity contribution is -0.126. The van der Waals surface area contributed by atoms with Crippen molar-refractivity contribution >= 4 is 27.7 Å². The molecule has 2 aliphatic heterocycles. The smallest absolute Gasteiger partial charge is 0.387 e. The van der Waals surface area contributed by atoms with Crippen LogP contribution in [0.2, 0.25) is 0 Å². The van der Waals surface area contributed by atoms with E-state index in [1.165, 1.54) is 24.8 Å². The van der Waals surface area contributed by atoms with Gasteiger partial charge < -0.3 is 19.6 Å². The van der Waals surface area contributed by atoms with Crippen molar-refractivity contribution in [1.82, 2.24) is 24.6 Å². The van der Waals surface area contributed by atoms with Crippen LogP contribution in [-0.4, -0.2) is 67.7 Å². The third-order valence-electron chi connectivity index (χ3n) is 8.23. The van der Waals surface area contributed by atoms with E-state index in [-0.39, 0.29) is 40.7 Å². The molecule has 1 saturated carbocycles. The zero-order valence-electron chi connectivity index (χ0n) is 22.1. The van der Waals surface area contributed by atoms with Crippen LogP contribution in [0.5, 0.6) is 11.5 Å². The number of pyridine rings is 1. The van der Waals surface area contributed by atoms with E-state index in [0.29, 0.717) is 31.0 Å². The molecule has 4 heterocycles. The fourth-order valence-corrected chi connectivity index (χ4v) is 6.28. The molecule has 6 rings (SSSR count). The Labute approximate surface area is 243 Å². The molecule has 1 aliphatic carbocycles. The predicted octanol–water partition coefficient (Wildman–Crippen LogP) is 4.91. The van der Waals surface area contributed by atoms with Gasteiger partial charge in [-0.1, -0.05) is 19.1 Å². The maximum atomic E-state index is 13.8. The maximum Gasteiger partial charge on any atom is 0.387 e. The lowest BCUT2D eigenvalue weighted by atomic mass is 9.80. The first-order chi connectivity index (χ1) is 19.7. The Kier molecular flexibility index (Phi) is 7.27. The molecule has 2 aromatic heterocycles. The second-order valence-corrected chi connectivity index (χ2v) is 11.2. The number of aromatic nitrogens is 3. The lowest BCUT2D eigenvalue weighted by Gasteiger charge is -2.38. The van der Waals surface area contributed by atoms with Crippen molar-refractivity contribution < 1.29 is 28.2 Å². The van der Waals surface area contributed by atoms with E-state index >= 15 is 0 Å². The molecule has 214 valence electrons. The molecule has 0 spiro atoms. The highest BCUT2D eigenvalue weighted by molar-refractivity contribution is 9.10. The Balaban J connectivity index is 1.39. The average molecular weight is 628 g/mol. The van der Waals surface area contributed by atoms with Gasteiger partial charge in [0.15, 0.2) is 5.75 Å². The van der Waals surface area contributed by atoms with Crippen molar-refractivity contribution in [2.24, 2.45) is 0 Å². The molecular formula is C29H28BrF2N5O4. The number of benzene rings is 1. The Morgan fingerprint density at radius 1 is 1.20 bits per heavy atom. The van der Waals surface area contributed by atoms with E-state index < -0.39 is 18.6 Å². The van der Waals surface area contributed by atoms with Crippen LogP contribution in [0.1, 0.15) is 64.1 Å². The van der Waals surface area contributed by atoms with E-state index in [0.717, 1.165) is 35.4 Å². The third kappa shape index (κ3) is 4.98. The summed E-state index contributed by atoms with van der Waals surface area (Å²) in [5.41, 5.74) is 4.20. The fourth-order valence-electron chi connectivity index (χ4n) is 5.97. The van der Waals surface area contributed by atoms with Gasteiger partial charge >= 0.3 is 6.61 Å². The summed E-state index contributed by atoms with van der Waals surface area (Å²) in [5.74, 6) is -0.319. The SMILES string of the molecule is C=CC(=O)N1CCc2nn(-c3ccc(C4CCC4)cc3O)c3c2[C@H](C1)N(C(=O)c1cnc(Br)c(OC(F)F)c1)CC3. The van der Waals surface area contributed by atoms with E-state index in [9.17, 15) is 23.5 Å². The fraction of sp³-hybridized carbons (Fsp3) is 0.379. The number of hydrogen-bond acceptors (Lipinski definition) is 6. The van der Waals surface area contributed by atoms with Crippen LogP contribution >= 0.6 is 15.9 Å². The Morgan fingerprint density at radius 3 is 2.68 bits per heavy atom. The van der Waals surface area contributed by atoms with E-state index in [1.54, 1.807) is 14.5 Å². The van der Waals surface area contributed by atoms with Crippen LogP contribution < -0.4 is 4.74 Å². The topological polar surface area (TPSA) is 101 Å². The van der Waals surface area contributed by atoms with Crippen molar-refractivity contribution in [3.8, 4) is 17.2 Å². The average Bonchev–Trinajstić information content (AvgIpc) is 3.17. The van der Waals surface area contributed by atoms with Gasteiger partial charge in [0.05, 0.1) is 23.0 Å². The summed E-state index contributed by atoms with van der Waals surface area (Å²) < 4.78 is 32.2. The molecule has 12 heteroatoms. The number of phenolic OH excluding ortho intramolecular Hbond substituents is 1. The minimum absolute atomic E-state index is 0.0548. The Morgan fingerprint density at radius 2 is 2.00 bits per heavy atom. The summed E-state index contributed by atoms with van der Waals surface area (Å²) >= 11 is 3.08. The van der Waals surface area contributed by atoms with Gasteiger partial charge in [-0.05, 0) is 64.5 Å². The Bertz CT molecular complexity index is 1540. The molecule has 3 aromatic rings. The van der Waals surface area contributed by atoms with Crippen LogP contribution in [0.3, 0.4) is 0 Å². The van der Waals surface area contributed by atoms with Gasteiger partial charge in [0.25, 0.3) is 5.91 Å². The zero-order valence-corrected chi connectivity index (χ0v) is 23.7. The molecular weight excluding hydrogens is 600 g/mol. The Hall–Kier alpha value is -3.80. The minimum Gasteiger partial charge on any atom is -0.506 e. The first-order valence-electron chi connectivity index (χ1n) is 13.5. The minimum atomic E-state index is -3.08. The molecule has 1 N–H and O–H groups in total. The first kappa shape index (κ1) is 27.4. The molecule has 2 amide bonds. The molecule has 0 saturated heterocycles. The summed E-state index contributed by atoms with van der Waals surface area (Å²) in [6.07, 6.45) is 6.88. The number of halogens is 3. The lowest BCUT2D eigenvalue weighted by Crippen LogP contribution is -2.45. The standard InChI is InChI=1S/C29H28BrF2N5O4/c1-2-25(39)35-10-8-19-26-21(37(34-19)20-7-6-17(12-23(20)38)16-4-3-5-16)9-11-36(22(26)15-35)28(40)18-13-24(41-29(31)32)27(30)33-14-18/h2,6-7,12-14,16,22,29,38H,1,3-5,8-11,15H2/t22-/m0/s1. The molecule has 1 atom stereocenters. The molecule has 3 aliphatic rings. The highest BCUT2D eigenvalue weighted by Gasteiger charge is 2.40. The van der Waals surface area contributed by atoms with E-state index in [4.69, 9.17) is 5.10 Å². The maximum absolute atomic E-state index is 13.8. The van der Waals surface area contributed by atoms with Gasteiger partial charge in [0.2, 0.25) is 5.91 Å². The van der Waals surface area contributed by atoms with Crippen molar-refractivity contribution in [3.05, 3.63) is 75.8 Å². The summed E-state index contributed by atoms with van der Waals surface area (Å²) in [6, 6.07) is 6.43. The van der Waals surface area contributed by atoms with Gasteiger partial charge in [-0.3, -0.25) is 9.59 Å². The van der Waals surface area contributed by atoms with Crippen LogP contribution in [0.25, 0.3) is 5.69 Å². The number of aromatic hydroxyl groups is 1. The summed E-state index contributed by atoms with van der Waals surface area (Å²) in [4.78, 5) is 33.8. The van der Waals surface area contributed by atoms with Gasteiger partial charge in [-0.15, -0.1) is 0 Å². The van der Waals surface area contributed by atoms with E-state index in [2.05, 4.69) is 32.2 Å². The van der Waals surface area contributed by atoms with Crippen LogP contribution in [0, 0.1) is 0 Å². The van der Waals surface area contributed by atoms with Gasteiger partial charge in [-0.25, -0.2) is 9.67 Å². The van der Waals surface area contributed by atoms with Crippen molar-refractivity contribution in [1.29, 1.82) is 0 Å². The second-order valence-electron chi connectivity index (χ2n) is 10.5. The number of nitrogens with zero attached hydrogens (tertiary/aromatic N) is 5. The monoisotopic (exact) mass is 627 g/mol. The van der Waals surface area contributed by atoms with E-state index in [1.807, 2.05) is 18.2 Å². The largest absolute Gasteiger partial charge is 0.506 e. The first-order valence-corrected chi connectivity index (χ1v) is 14.3. The molecule has 0 bridgehead atoms. The summed E-state index contributed by atoms with van der Waals surface area (Å²) in [6.45, 7) is 1.40. The summed E-state index contributed by atoms with van der Waals surface area (Å²) in [5, 5.41) is 15.9. The second kappa shape index (κ2) is 10.9. The zero-order chi connectivity index (χ0) is 28.8. The number of rotatable bonds is 6. The normalized spacial score (nSPS) is 18.5. The predicted molar refractivity (Wildman–Crippen MR) is 148 cm³/mol. The molecule has 9 nitrogen and oxygen atoms in total. The summed E-state index contributed by atoms with van der Waals surface area (Å²) in [7, 11) is 0. The molecule has 0 radical (unpaired) electrons. The number of carbonyl (C=O) groups excluding carboxylic acids is 2. The number of carbonyl (C=O) groups is 2. The van der Waals surface area contributed by atoms with Crippen molar-refractivity contribution in [2.45, 2.75) is 50.7 Å². The molecule has 0 unspecified atom stereocenters. The number of phenols is 1. The highest BCUT2D eigenvalue weighted by atomic mass is 79.9. The number of ether oxygens (including phenoxy) is 1. The van der Waals surface area contributed by atoms with Crippen LogP contribution in [0.15, 0.2) is 47.7 Å². The number of hydrogen-bond donors (Lipinski definition) is 1. The highest BCUT2D eigenvalue weighted by Crippen LogP contribution is 2.41. The van der Waals surface area contributed by atoms with Gasteiger partial charge in [0, 0.05) is 44.2 Å². The van der Waals surface area contributed by atoms with Crippen molar-refractivity contribution in [3.63, 3.8) is 0 Å².